The van der Waals surface area contributed by atoms with E-state index in [1.165, 1.54) is 41.1 Å². The topological polar surface area (TPSA) is 68.0 Å². The minimum absolute atomic E-state index is 0.170. The van der Waals surface area contributed by atoms with Gasteiger partial charge in [-0.25, -0.2) is 9.07 Å². The van der Waals surface area contributed by atoms with Gasteiger partial charge in [0, 0.05) is 11.6 Å². The molecule has 1 N–H and O–H groups in total. The Hall–Kier alpha value is -3.15. The van der Waals surface area contributed by atoms with Crippen LogP contribution >= 0.6 is 0 Å². The highest BCUT2D eigenvalue weighted by atomic mass is 19.1. The van der Waals surface area contributed by atoms with Crippen molar-refractivity contribution in [1.82, 2.24) is 9.78 Å². The van der Waals surface area contributed by atoms with Crippen LogP contribution in [0.4, 0.5) is 4.39 Å². The van der Waals surface area contributed by atoms with Gasteiger partial charge in [-0.3, -0.25) is 14.7 Å². The summed E-state index contributed by atoms with van der Waals surface area (Å²) in [5.41, 5.74) is 0.933. The molecule has 5 nitrogen and oxygen atoms in total. The number of hydrogen-bond acceptors (Lipinski definition) is 3. The molecular weight excluding hydrogens is 287 g/mol. The van der Waals surface area contributed by atoms with E-state index in [2.05, 4.69) is 5.10 Å². The maximum absolute atomic E-state index is 13.0. The number of aromatic nitrogens is 2. The third-order valence-electron chi connectivity index (χ3n) is 3.47. The van der Waals surface area contributed by atoms with Crippen LogP contribution in [-0.2, 0) is 0 Å². The second-order valence-electron chi connectivity index (χ2n) is 4.92. The lowest BCUT2D eigenvalue weighted by Gasteiger charge is -2.01. The smallest absolute Gasteiger partial charge is 0.282 e. The highest BCUT2D eigenvalue weighted by Crippen LogP contribution is 2.24. The number of benzene rings is 2. The largest absolute Gasteiger partial charge is 0.438 e. The van der Waals surface area contributed by atoms with Crippen LogP contribution in [0.25, 0.3) is 28.1 Å². The van der Waals surface area contributed by atoms with E-state index in [1.807, 2.05) is 0 Å². The van der Waals surface area contributed by atoms with Gasteiger partial charge in [-0.05, 0) is 42.5 Å². The highest BCUT2D eigenvalue weighted by molar-refractivity contribution is 5.79. The zero-order chi connectivity index (χ0) is 15.3. The molecule has 0 spiro atoms. The number of rotatable bonds is 1. The van der Waals surface area contributed by atoms with Gasteiger partial charge < -0.3 is 4.42 Å². The first-order valence-corrected chi connectivity index (χ1v) is 6.56. The fourth-order valence-corrected chi connectivity index (χ4v) is 2.39. The van der Waals surface area contributed by atoms with Crippen LogP contribution in [0, 0.1) is 5.82 Å². The van der Waals surface area contributed by atoms with Crippen molar-refractivity contribution in [3.8, 4) is 17.0 Å². The molecule has 2 aliphatic rings. The van der Waals surface area contributed by atoms with E-state index in [-0.39, 0.29) is 22.5 Å². The quantitative estimate of drug-likeness (QED) is 0.587. The molecule has 1 aliphatic heterocycles. The number of nitrogens with one attached hydrogen (secondary N) is 1. The van der Waals surface area contributed by atoms with E-state index >= 15 is 0 Å². The summed E-state index contributed by atoms with van der Waals surface area (Å²) >= 11 is 0. The van der Waals surface area contributed by atoms with Crippen LogP contribution in [0.5, 0.6) is 0 Å². The van der Waals surface area contributed by atoms with Crippen molar-refractivity contribution in [3.05, 3.63) is 74.9 Å². The van der Waals surface area contributed by atoms with Crippen molar-refractivity contribution in [2.45, 2.75) is 0 Å². The minimum atomic E-state index is -0.383. The maximum atomic E-state index is 13.0. The average Bonchev–Trinajstić information content (AvgIpc) is 2.82. The normalized spacial score (nSPS) is 11.3. The lowest BCUT2D eigenvalue weighted by Crippen LogP contribution is -2.14. The van der Waals surface area contributed by atoms with E-state index in [0.717, 1.165) is 0 Å². The summed E-state index contributed by atoms with van der Waals surface area (Å²) in [6.45, 7) is 0. The molecule has 0 amide bonds. The van der Waals surface area contributed by atoms with Gasteiger partial charge in [-0.2, -0.15) is 0 Å². The Kier molecular flexibility index (Phi) is 2.53. The Balaban J connectivity index is 2.02. The van der Waals surface area contributed by atoms with Crippen LogP contribution in [0.15, 0.2) is 62.5 Å². The van der Waals surface area contributed by atoms with Gasteiger partial charge in [-0.1, -0.05) is 0 Å². The number of aromatic amines is 1. The lowest BCUT2D eigenvalue weighted by atomic mass is 10.1. The van der Waals surface area contributed by atoms with Crippen molar-refractivity contribution in [3.63, 3.8) is 0 Å². The zero-order valence-corrected chi connectivity index (χ0v) is 11.2. The van der Waals surface area contributed by atoms with Gasteiger partial charge in [0.05, 0.1) is 5.69 Å². The summed E-state index contributed by atoms with van der Waals surface area (Å²) in [5, 5.41) is 3.18. The van der Waals surface area contributed by atoms with Crippen LogP contribution in [0.2, 0.25) is 0 Å². The summed E-state index contributed by atoms with van der Waals surface area (Å²) < 4.78 is 19.8. The molecule has 4 rings (SSSR count). The third kappa shape index (κ3) is 1.85. The van der Waals surface area contributed by atoms with E-state index in [4.69, 9.17) is 4.42 Å². The number of nitrogens with zero attached hydrogens (tertiary/aromatic N) is 1. The summed E-state index contributed by atoms with van der Waals surface area (Å²) in [7, 11) is 0. The first-order chi connectivity index (χ1) is 10.6. The molecule has 1 aromatic heterocycles. The van der Waals surface area contributed by atoms with Gasteiger partial charge in [0.1, 0.15) is 17.0 Å². The lowest BCUT2D eigenvalue weighted by molar-refractivity contribution is 0.597. The first kappa shape index (κ1) is 12.6. The molecule has 2 heterocycles. The van der Waals surface area contributed by atoms with Crippen LogP contribution in [-0.4, -0.2) is 9.78 Å². The van der Waals surface area contributed by atoms with Crippen molar-refractivity contribution in [2.24, 2.45) is 0 Å². The van der Waals surface area contributed by atoms with E-state index in [1.54, 1.807) is 12.1 Å². The van der Waals surface area contributed by atoms with Gasteiger partial charge in [-0.15, -0.1) is 0 Å². The molecule has 1 aliphatic carbocycles. The molecule has 2 aromatic rings. The summed E-state index contributed by atoms with van der Waals surface area (Å²) in [4.78, 5) is 23.8. The van der Waals surface area contributed by atoms with Gasteiger partial charge in [0.2, 0.25) is 5.71 Å². The van der Waals surface area contributed by atoms with Gasteiger partial charge >= 0.3 is 0 Å². The van der Waals surface area contributed by atoms with E-state index in [0.29, 0.717) is 22.4 Å². The molecule has 108 valence electrons. The molecule has 0 saturated heterocycles. The molecule has 0 bridgehead atoms. The van der Waals surface area contributed by atoms with Crippen LogP contribution < -0.4 is 11.0 Å². The molecule has 0 unspecified atom stereocenters. The second-order valence-corrected chi connectivity index (χ2v) is 4.92. The second kappa shape index (κ2) is 4.42. The predicted octanol–water partition coefficient (Wildman–Crippen LogP) is 2.52. The first-order valence-electron chi connectivity index (χ1n) is 6.56. The number of H-pyrrole nitrogens is 1. The van der Waals surface area contributed by atoms with Gasteiger partial charge in [0.25, 0.3) is 5.56 Å². The summed E-state index contributed by atoms with van der Waals surface area (Å²) in [6, 6.07) is 11.6. The maximum Gasteiger partial charge on any atom is 0.282 e. The fourth-order valence-electron chi connectivity index (χ4n) is 2.39. The molecule has 0 radical (unpaired) electrons. The van der Waals surface area contributed by atoms with Crippen LogP contribution in [0.3, 0.4) is 0 Å². The predicted molar refractivity (Wildman–Crippen MR) is 79.0 cm³/mol. The van der Waals surface area contributed by atoms with Crippen molar-refractivity contribution in [2.75, 3.05) is 0 Å². The Morgan fingerprint density at radius 2 is 1.77 bits per heavy atom. The van der Waals surface area contributed by atoms with Crippen LogP contribution in [0.1, 0.15) is 0 Å². The Morgan fingerprint density at radius 3 is 2.55 bits per heavy atom. The molecule has 0 fully saturated rings. The monoisotopic (exact) mass is 296 g/mol. The molecule has 22 heavy (non-hydrogen) atoms. The van der Waals surface area contributed by atoms with Crippen molar-refractivity contribution in [1.29, 1.82) is 0 Å². The minimum Gasteiger partial charge on any atom is -0.438 e. The third-order valence-corrected chi connectivity index (χ3v) is 3.47. The standard InChI is InChI=1S/C16H9FN2O3/c17-10-2-4-11(5-3-10)19-16(21)13-7-9-1-6-12(20)8-14(9)22-15(13)18-19/h1-8,18H. The SMILES string of the molecule is O=c1ccc2cc3c(=O)n(-c4ccc(F)cc4)[nH]c3oc-2c1. The summed E-state index contributed by atoms with van der Waals surface area (Å²) in [6.07, 6.45) is 0. The highest BCUT2D eigenvalue weighted by Gasteiger charge is 2.14. The fraction of sp³-hybridized carbons (Fsp3) is 0. The molecule has 0 saturated carbocycles. The Bertz CT molecular complexity index is 1070. The van der Waals surface area contributed by atoms with Crippen molar-refractivity contribution >= 4 is 11.1 Å². The van der Waals surface area contributed by atoms with Gasteiger partial charge in [0.15, 0.2) is 5.43 Å². The molecule has 1 aromatic carbocycles. The number of hydrogen-bond donors (Lipinski definition) is 1. The number of halogens is 1. The summed E-state index contributed by atoms with van der Waals surface area (Å²) in [5.74, 6) is 0.0128. The molecule has 0 atom stereocenters. The molecule has 6 heteroatoms. The zero-order valence-electron chi connectivity index (χ0n) is 11.2. The van der Waals surface area contributed by atoms with Crippen molar-refractivity contribution < 1.29 is 8.81 Å². The Labute approximate surface area is 122 Å². The van der Waals surface area contributed by atoms with E-state index in [9.17, 15) is 14.0 Å². The van der Waals surface area contributed by atoms with E-state index < -0.39 is 0 Å². The average molecular weight is 296 g/mol. The Morgan fingerprint density at radius 1 is 1.00 bits per heavy atom. The number of fused-ring (bicyclic) bond motifs is 2. The molecular formula is C16H9FN2O3.